The van der Waals surface area contributed by atoms with E-state index in [0.717, 1.165) is 23.2 Å². The van der Waals surface area contributed by atoms with E-state index in [-0.39, 0.29) is 11.6 Å². The molecule has 176 valence electrons. The molecule has 2 amide bonds. The molecule has 5 rings (SSSR count). The highest BCUT2D eigenvalue weighted by Gasteiger charge is 2.34. The van der Waals surface area contributed by atoms with Crippen LogP contribution >= 0.6 is 0 Å². The average molecular weight is 467 g/mol. The molecule has 0 saturated heterocycles. The second kappa shape index (κ2) is 8.82. The highest BCUT2D eigenvalue weighted by molar-refractivity contribution is 5.89. The molecule has 2 heterocycles. The standard InChI is InChI=1S/C23H23F2N7O2/c1-12-26-21(32(31-12)22-28-17-4-2-3-5-18(17)29-22)13-6-9-20(33)19(10-13)30-23(34)27-14-7-8-15(24)16(25)11-14/h2-5,7-8,11,13,19-20,33H,6,9-10H2,1H3,(H,28,29)(H2,27,30,34)/t13-,19+,20+/m0/s1. The number of carbonyl (C=O) groups excluding carboxylic acids is 1. The number of halogens is 2. The number of H-pyrrole nitrogens is 1. The Bertz CT molecular complexity index is 1320. The Hall–Kier alpha value is -3.86. The van der Waals surface area contributed by atoms with Crippen LogP contribution in [0.3, 0.4) is 0 Å². The zero-order valence-electron chi connectivity index (χ0n) is 18.3. The summed E-state index contributed by atoms with van der Waals surface area (Å²) in [4.78, 5) is 24.9. The number of nitrogens with zero attached hydrogens (tertiary/aromatic N) is 4. The number of fused-ring (bicyclic) bond motifs is 1. The molecule has 2 aromatic heterocycles. The number of imidazole rings is 1. The zero-order chi connectivity index (χ0) is 23.8. The molecule has 4 aromatic rings. The lowest BCUT2D eigenvalue weighted by Gasteiger charge is -2.33. The summed E-state index contributed by atoms with van der Waals surface area (Å²) in [6.07, 6.45) is 0.774. The van der Waals surface area contributed by atoms with Crippen LogP contribution in [-0.2, 0) is 0 Å². The van der Waals surface area contributed by atoms with E-state index >= 15 is 0 Å². The van der Waals surface area contributed by atoms with Crippen molar-refractivity contribution < 1.29 is 18.7 Å². The number of nitrogens with one attached hydrogen (secondary N) is 3. The Balaban J connectivity index is 1.33. The summed E-state index contributed by atoms with van der Waals surface area (Å²) in [5, 5.41) is 20.2. The SMILES string of the molecule is Cc1nc([C@H]2CC[C@@H](O)[C@H](NC(=O)Nc3ccc(F)c(F)c3)C2)n(-c2nc3ccccc3[nH]2)n1. The quantitative estimate of drug-likeness (QED) is 0.366. The number of amides is 2. The van der Waals surface area contributed by atoms with Crippen LogP contribution in [0.4, 0.5) is 19.3 Å². The largest absolute Gasteiger partial charge is 0.391 e. The molecule has 0 aliphatic heterocycles. The van der Waals surface area contributed by atoms with Gasteiger partial charge in [-0.2, -0.15) is 4.68 Å². The maximum atomic E-state index is 13.4. The molecule has 0 bridgehead atoms. The van der Waals surface area contributed by atoms with Gasteiger partial charge in [-0.25, -0.2) is 23.5 Å². The topological polar surface area (TPSA) is 121 Å². The first kappa shape index (κ1) is 22.0. The molecule has 0 unspecified atom stereocenters. The van der Waals surface area contributed by atoms with E-state index in [1.807, 2.05) is 24.3 Å². The summed E-state index contributed by atoms with van der Waals surface area (Å²) >= 11 is 0. The lowest BCUT2D eigenvalue weighted by atomic mass is 9.83. The van der Waals surface area contributed by atoms with E-state index in [2.05, 4.69) is 30.7 Å². The summed E-state index contributed by atoms with van der Waals surface area (Å²) in [5.74, 6) is -0.329. The third-order valence-electron chi connectivity index (χ3n) is 5.99. The number of urea groups is 1. The minimum absolute atomic E-state index is 0.0913. The smallest absolute Gasteiger partial charge is 0.319 e. The molecule has 2 aromatic carbocycles. The van der Waals surface area contributed by atoms with Crippen molar-refractivity contribution in [3.05, 3.63) is 65.7 Å². The summed E-state index contributed by atoms with van der Waals surface area (Å²) in [6.45, 7) is 1.80. The second-order valence-corrected chi connectivity index (χ2v) is 8.42. The minimum Gasteiger partial charge on any atom is -0.391 e. The molecular weight excluding hydrogens is 444 g/mol. The molecule has 9 nitrogen and oxygen atoms in total. The molecule has 11 heteroatoms. The number of aliphatic hydroxyl groups is 1. The van der Waals surface area contributed by atoms with Gasteiger partial charge in [-0.1, -0.05) is 12.1 Å². The van der Waals surface area contributed by atoms with Crippen LogP contribution in [0.25, 0.3) is 17.0 Å². The van der Waals surface area contributed by atoms with Crippen LogP contribution in [-0.4, -0.2) is 48.0 Å². The van der Waals surface area contributed by atoms with Crippen molar-refractivity contribution in [2.24, 2.45) is 0 Å². The van der Waals surface area contributed by atoms with Crippen molar-refractivity contribution in [2.45, 2.75) is 44.2 Å². The van der Waals surface area contributed by atoms with Gasteiger partial charge in [-0.15, -0.1) is 5.10 Å². The minimum atomic E-state index is -1.06. The summed E-state index contributed by atoms with van der Waals surface area (Å²) < 4.78 is 28.2. The second-order valence-electron chi connectivity index (χ2n) is 8.42. The number of para-hydroxylation sites is 2. The van der Waals surface area contributed by atoms with Crippen LogP contribution in [0.1, 0.15) is 36.8 Å². The zero-order valence-corrected chi connectivity index (χ0v) is 18.3. The molecule has 3 atom stereocenters. The summed E-state index contributed by atoms with van der Waals surface area (Å²) in [5.41, 5.74) is 1.80. The van der Waals surface area contributed by atoms with E-state index in [4.69, 9.17) is 0 Å². The molecule has 1 fully saturated rings. The maximum absolute atomic E-state index is 13.4. The number of hydrogen-bond donors (Lipinski definition) is 4. The predicted molar refractivity (Wildman–Crippen MR) is 121 cm³/mol. The Morgan fingerprint density at radius 3 is 2.76 bits per heavy atom. The first-order chi connectivity index (χ1) is 16.4. The van der Waals surface area contributed by atoms with Crippen molar-refractivity contribution in [3.63, 3.8) is 0 Å². The van der Waals surface area contributed by atoms with Gasteiger partial charge in [0.1, 0.15) is 11.6 Å². The molecule has 4 N–H and O–H groups in total. The fourth-order valence-corrected chi connectivity index (χ4v) is 4.34. The van der Waals surface area contributed by atoms with Gasteiger partial charge < -0.3 is 20.7 Å². The average Bonchev–Trinajstić information content (AvgIpc) is 3.41. The fourth-order valence-electron chi connectivity index (χ4n) is 4.34. The van der Waals surface area contributed by atoms with E-state index in [1.165, 1.54) is 6.07 Å². The number of aromatic amines is 1. The van der Waals surface area contributed by atoms with Gasteiger partial charge in [0.25, 0.3) is 0 Å². The Morgan fingerprint density at radius 1 is 1.15 bits per heavy atom. The highest BCUT2D eigenvalue weighted by atomic mass is 19.2. The molecule has 1 aliphatic carbocycles. The lowest BCUT2D eigenvalue weighted by Crippen LogP contribution is -2.48. The van der Waals surface area contributed by atoms with E-state index in [1.54, 1.807) is 11.6 Å². The van der Waals surface area contributed by atoms with Gasteiger partial charge in [0.05, 0.1) is 23.2 Å². The Labute approximate surface area is 193 Å². The summed E-state index contributed by atoms with van der Waals surface area (Å²) in [6, 6.07) is 9.57. The molecule has 1 aliphatic rings. The molecular formula is C23H23F2N7O2. The number of benzene rings is 2. The number of anilines is 1. The highest BCUT2D eigenvalue weighted by Crippen LogP contribution is 2.33. The van der Waals surface area contributed by atoms with Gasteiger partial charge >= 0.3 is 6.03 Å². The van der Waals surface area contributed by atoms with Gasteiger partial charge in [0.15, 0.2) is 11.6 Å². The Morgan fingerprint density at radius 2 is 1.97 bits per heavy atom. The molecule has 1 saturated carbocycles. The van der Waals surface area contributed by atoms with Gasteiger partial charge in [-0.3, -0.25) is 0 Å². The van der Waals surface area contributed by atoms with E-state index < -0.39 is 29.8 Å². The van der Waals surface area contributed by atoms with Gasteiger partial charge in [0.2, 0.25) is 5.95 Å². The first-order valence-corrected chi connectivity index (χ1v) is 11.0. The van der Waals surface area contributed by atoms with Crippen molar-refractivity contribution in [3.8, 4) is 5.95 Å². The van der Waals surface area contributed by atoms with Gasteiger partial charge in [0, 0.05) is 17.7 Å². The normalized spacial score (nSPS) is 20.4. The third kappa shape index (κ3) is 4.34. The first-order valence-electron chi connectivity index (χ1n) is 11.0. The van der Waals surface area contributed by atoms with Crippen LogP contribution < -0.4 is 10.6 Å². The maximum Gasteiger partial charge on any atom is 0.319 e. The number of hydrogen-bond acceptors (Lipinski definition) is 5. The van der Waals surface area contributed by atoms with E-state index in [0.29, 0.717) is 36.9 Å². The number of aromatic nitrogens is 5. The number of carbonyl (C=O) groups is 1. The number of aryl methyl sites for hydroxylation is 1. The van der Waals surface area contributed by atoms with Crippen molar-refractivity contribution in [1.29, 1.82) is 0 Å². The summed E-state index contributed by atoms with van der Waals surface area (Å²) in [7, 11) is 0. The molecule has 0 radical (unpaired) electrons. The molecule has 34 heavy (non-hydrogen) atoms. The number of aliphatic hydroxyl groups excluding tert-OH is 1. The molecule has 0 spiro atoms. The van der Waals surface area contributed by atoms with Crippen LogP contribution in [0.5, 0.6) is 0 Å². The predicted octanol–water partition coefficient (Wildman–Crippen LogP) is 3.55. The van der Waals surface area contributed by atoms with Crippen LogP contribution in [0.15, 0.2) is 42.5 Å². The van der Waals surface area contributed by atoms with Crippen LogP contribution in [0, 0.1) is 18.6 Å². The number of rotatable bonds is 4. The fraction of sp³-hybridized carbons (Fsp3) is 0.304. The van der Waals surface area contributed by atoms with Crippen LogP contribution in [0.2, 0.25) is 0 Å². The Kier molecular flexibility index (Phi) is 5.70. The van der Waals surface area contributed by atoms with Crippen molar-refractivity contribution >= 4 is 22.8 Å². The van der Waals surface area contributed by atoms with E-state index in [9.17, 15) is 18.7 Å². The lowest BCUT2D eigenvalue weighted by molar-refractivity contribution is 0.0864. The monoisotopic (exact) mass is 467 g/mol. The van der Waals surface area contributed by atoms with Crippen molar-refractivity contribution in [2.75, 3.05) is 5.32 Å². The van der Waals surface area contributed by atoms with Gasteiger partial charge in [-0.05, 0) is 50.5 Å². The third-order valence-corrected chi connectivity index (χ3v) is 5.99. The van der Waals surface area contributed by atoms with Crippen molar-refractivity contribution in [1.82, 2.24) is 30.0 Å².